The van der Waals surface area contributed by atoms with Gasteiger partial charge in [0, 0.05) is 5.41 Å². The van der Waals surface area contributed by atoms with Crippen LogP contribution in [0.1, 0.15) is 61.6 Å². The molecular formula is C14H20N2O3. The van der Waals surface area contributed by atoms with E-state index in [9.17, 15) is 9.59 Å². The molecule has 2 rings (SSSR count). The highest BCUT2D eigenvalue weighted by Gasteiger charge is 2.36. The Morgan fingerprint density at radius 1 is 1.42 bits per heavy atom. The lowest BCUT2D eigenvalue weighted by Crippen LogP contribution is -2.32. The lowest BCUT2D eigenvalue weighted by molar-refractivity contribution is -0.127. The first-order chi connectivity index (χ1) is 8.85. The summed E-state index contributed by atoms with van der Waals surface area (Å²) in [4.78, 5) is 22.6. The van der Waals surface area contributed by atoms with Crippen molar-refractivity contribution in [2.75, 3.05) is 0 Å². The van der Waals surface area contributed by atoms with Crippen LogP contribution < -0.4 is 0 Å². The molecule has 0 radical (unpaired) electrons. The molecule has 1 fully saturated rings. The minimum atomic E-state index is -0.937. The molecule has 1 aliphatic carbocycles. The summed E-state index contributed by atoms with van der Waals surface area (Å²) in [7, 11) is 0. The van der Waals surface area contributed by atoms with Gasteiger partial charge in [-0.1, -0.05) is 6.92 Å². The number of aromatic carboxylic acids is 1. The number of carboxylic acids is 1. The maximum absolute atomic E-state index is 11.6. The van der Waals surface area contributed by atoms with Crippen molar-refractivity contribution in [1.29, 1.82) is 0 Å². The van der Waals surface area contributed by atoms with Gasteiger partial charge in [0.1, 0.15) is 11.3 Å². The molecule has 5 nitrogen and oxygen atoms in total. The third-order valence-corrected chi connectivity index (χ3v) is 4.53. The number of aromatic nitrogens is 2. The van der Waals surface area contributed by atoms with Crippen LogP contribution in [-0.2, 0) is 4.79 Å². The Hall–Kier alpha value is -1.65. The molecule has 5 heteroatoms. The van der Waals surface area contributed by atoms with Crippen molar-refractivity contribution >= 4 is 11.8 Å². The number of carbonyl (C=O) groups is 2. The predicted molar refractivity (Wildman–Crippen MR) is 70.2 cm³/mol. The molecule has 1 saturated carbocycles. The largest absolute Gasteiger partial charge is 0.478 e. The van der Waals surface area contributed by atoms with Gasteiger partial charge in [-0.3, -0.25) is 9.48 Å². The Kier molecular flexibility index (Phi) is 3.47. The molecule has 1 N–H and O–H groups in total. The van der Waals surface area contributed by atoms with Gasteiger partial charge >= 0.3 is 5.97 Å². The molecule has 1 aliphatic rings. The summed E-state index contributed by atoms with van der Waals surface area (Å²) in [5, 5.41) is 13.2. The number of hydrogen-bond donors (Lipinski definition) is 1. The maximum Gasteiger partial charge on any atom is 0.339 e. The fourth-order valence-electron chi connectivity index (χ4n) is 2.84. The molecule has 1 heterocycles. The van der Waals surface area contributed by atoms with Crippen molar-refractivity contribution in [2.24, 2.45) is 5.41 Å². The summed E-state index contributed by atoms with van der Waals surface area (Å²) in [6.07, 6.45) is 4.84. The lowest BCUT2D eigenvalue weighted by atomic mass is 9.71. The van der Waals surface area contributed by atoms with Crippen LogP contribution in [0.15, 0.2) is 6.20 Å². The van der Waals surface area contributed by atoms with Crippen molar-refractivity contribution in [3.05, 3.63) is 17.5 Å². The molecule has 0 amide bonds. The SMILES string of the molecule is CC(=O)C1(C)CCC(n2ncc(C(=O)O)c2C)CC1. The topological polar surface area (TPSA) is 72.2 Å². The Morgan fingerprint density at radius 3 is 2.42 bits per heavy atom. The van der Waals surface area contributed by atoms with Gasteiger partial charge in [0.25, 0.3) is 0 Å². The average Bonchev–Trinajstić information content (AvgIpc) is 2.72. The highest BCUT2D eigenvalue weighted by Crippen LogP contribution is 2.41. The average molecular weight is 264 g/mol. The minimum Gasteiger partial charge on any atom is -0.478 e. The van der Waals surface area contributed by atoms with Gasteiger partial charge in [-0.2, -0.15) is 5.10 Å². The van der Waals surface area contributed by atoms with E-state index in [1.54, 1.807) is 13.8 Å². The van der Waals surface area contributed by atoms with Crippen molar-refractivity contribution in [2.45, 2.75) is 52.5 Å². The molecule has 19 heavy (non-hydrogen) atoms. The molecule has 1 aromatic heterocycles. The first kappa shape index (κ1) is 13.8. The van der Waals surface area contributed by atoms with Crippen LogP contribution >= 0.6 is 0 Å². The van der Waals surface area contributed by atoms with Gasteiger partial charge in [0.15, 0.2) is 0 Å². The maximum atomic E-state index is 11.6. The Bertz CT molecular complexity index is 511. The number of nitrogens with zero attached hydrogens (tertiary/aromatic N) is 2. The van der Waals surface area contributed by atoms with Crippen LogP contribution in [0.5, 0.6) is 0 Å². The van der Waals surface area contributed by atoms with E-state index in [0.717, 1.165) is 25.7 Å². The van der Waals surface area contributed by atoms with Gasteiger partial charge in [0.05, 0.1) is 17.9 Å². The van der Waals surface area contributed by atoms with Crippen LogP contribution in [0.2, 0.25) is 0 Å². The first-order valence-electron chi connectivity index (χ1n) is 6.63. The second-order valence-electron chi connectivity index (χ2n) is 5.74. The van der Waals surface area contributed by atoms with E-state index in [1.807, 2.05) is 11.6 Å². The number of Topliss-reactive ketones (excluding diaryl/α,β-unsaturated/α-hetero) is 1. The second kappa shape index (κ2) is 4.79. The summed E-state index contributed by atoms with van der Waals surface area (Å²) >= 11 is 0. The second-order valence-corrected chi connectivity index (χ2v) is 5.74. The summed E-state index contributed by atoms with van der Waals surface area (Å²) in [5.74, 6) is -0.692. The molecule has 0 bridgehead atoms. The number of hydrogen-bond acceptors (Lipinski definition) is 3. The molecule has 0 aromatic carbocycles. The fourth-order valence-corrected chi connectivity index (χ4v) is 2.84. The van der Waals surface area contributed by atoms with E-state index in [4.69, 9.17) is 5.11 Å². The summed E-state index contributed by atoms with van der Waals surface area (Å²) in [5.41, 5.74) is 0.747. The molecule has 1 aromatic rings. The van der Waals surface area contributed by atoms with E-state index >= 15 is 0 Å². The number of ketones is 1. The molecule has 0 unspecified atom stereocenters. The van der Waals surface area contributed by atoms with E-state index in [2.05, 4.69) is 5.10 Å². The zero-order valence-corrected chi connectivity index (χ0v) is 11.6. The predicted octanol–water partition coefficient (Wildman–Crippen LogP) is 2.60. The van der Waals surface area contributed by atoms with Crippen LogP contribution in [0.25, 0.3) is 0 Å². The Labute approximate surface area is 112 Å². The van der Waals surface area contributed by atoms with E-state index in [0.29, 0.717) is 5.69 Å². The van der Waals surface area contributed by atoms with Crippen LogP contribution in [-0.4, -0.2) is 26.6 Å². The van der Waals surface area contributed by atoms with Crippen molar-refractivity contribution in [1.82, 2.24) is 9.78 Å². The summed E-state index contributed by atoms with van der Waals surface area (Å²) in [6.45, 7) is 5.46. The molecular weight excluding hydrogens is 244 g/mol. The zero-order valence-electron chi connectivity index (χ0n) is 11.6. The van der Waals surface area contributed by atoms with Gasteiger partial charge < -0.3 is 5.11 Å². The van der Waals surface area contributed by atoms with Crippen LogP contribution in [0, 0.1) is 12.3 Å². The van der Waals surface area contributed by atoms with E-state index in [1.165, 1.54) is 6.20 Å². The van der Waals surface area contributed by atoms with Gasteiger partial charge in [0.2, 0.25) is 0 Å². The highest BCUT2D eigenvalue weighted by atomic mass is 16.4. The Morgan fingerprint density at radius 2 is 2.00 bits per heavy atom. The number of carbonyl (C=O) groups excluding carboxylic acids is 1. The van der Waals surface area contributed by atoms with Gasteiger partial charge in [-0.05, 0) is 39.5 Å². The van der Waals surface area contributed by atoms with E-state index < -0.39 is 5.97 Å². The Balaban J connectivity index is 2.14. The first-order valence-corrected chi connectivity index (χ1v) is 6.63. The molecule has 0 atom stereocenters. The standard InChI is InChI=1S/C14H20N2O3/c1-9-12(13(18)19)8-15-16(9)11-4-6-14(3,7-5-11)10(2)17/h8,11H,4-7H2,1-3H3,(H,18,19). The summed E-state index contributed by atoms with van der Waals surface area (Å²) in [6, 6.07) is 0.209. The zero-order chi connectivity index (χ0) is 14.2. The minimum absolute atomic E-state index is 0.209. The van der Waals surface area contributed by atoms with Crippen LogP contribution in [0.4, 0.5) is 0 Å². The lowest BCUT2D eigenvalue weighted by Gasteiger charge is -2.35. The van der Waals surface area contributed by atoms with Gasteiger partial charge in [-0.15, -0.1) is 0 Å². The fraction of sp³-hybridized carbons (Fsp3) is 0.643. The van der Waals surface area contributed by atoms with Crippen LogP contribution in [0.3, 0.4) is 0 Å². The van der Waals surface area contributed by atoms with Crippen molar-refractivity contribution < 1.29 is 14.7 Å². The normalized spacial score (nSPS) is 27.2. The number of rotatable bonds is 3. The third kappa shape index (κ3) is 2.41. The summed E-state index contributed by atoms with van der Waals surface area (Å²) < 4.78 is 1.81. The molecule has 104 valence electrons. The quantitative estimate of drug-likeness (QED) is 0.910. The third-order valence-electron chi connectivity index (χ3n) is 4.53. The number of carboxylic acid groups (broad SMARTS) is 1. The van der Waals surface area contributed by atoms with E-state index in [-0.39, 0.29) is 22.8 Å². The monoisotopic (exact) mass is 264 g/mol. The van der Waals surface area contributed by atoms with Crippen molar-refractivity contribution in [3.8, 4) is 0 Å². The molecule has 0 saturated heterocycles. The molecule has 0 aliphatic heterocycles. The van der Waals surface area contributed by atoms with Gasteiger partial charge in [-0.25, -0.2) is 4.79 Å². The molecule has 0 spiro atoms. The van der Waals surface area contributed by atoms with Crippen molar-refractivity contribution in [3.63, 3.8) is 0 Å². The highest BCUT2D eigenvalue weighted by molar-refractivity contribution is 5.88. The smallest absolute Gasteiger partial charge is 0.339 e.